The number of carbonyl (C=O) groups excluding carboxylic acids is 1. The number of piperazine rings is 1. The molecule has 132 valence electrons. The number of ether oxygens (including phenoxy) is 1. The molecule has 1 aromatic carbocycles. The Hall–Kier alpha value is -1.15. The summed E-state index contributed by atoms with van der Waals surface area (Å²) in [6.45, 7) is 2.12. The van der Waals surface area contributed by atoms with Crippen molar-refractivity contribution in [1.29, 1.82) is 0 Å². The summed E-state index contributed by atoms with van der Waals surface area (Å²) in [5.41, 5.74) is 0.254. The molecule has 2 N–H and O–H groups in total. The van der Waals surface area contributed by atoms with Crippen LogP contribution in [-0.4, -0.2) is 49.6 Å². The molecule has 1 heterocycles. The molecule has 1 unspecified atom stereocenters. The summed E-state index contributed by atoms with van der Waals surface area (Å²) in [6, 6.07) is 5.85. The van der Waals surface area contributed by atoms with Crippen LogP contribution in [0.15, 0.2) is 24.3 Å². The number of carbonyl (C=O) groups is 1. The minimum Gasteiger partial charge on any atom is -0.433 e. The highest BCUT2D eigenvalue weighted by Crippen LogP contribution is 2.25. The van der Waals surface area contributed by atoms with Crippen molar-refractivity contribution in [3.63, 3.8) is 0 Å². The van der Waals surface area contributed by atoms with Gasteiger partial charge in [-0.25, -0.2) is 0 Å². The van der Waals surface area contributed by atoms with Gasteiger partial charge in [0.2, 0.25) is 5.91 Å². The van der Waals surface area contributed by atoms with Gasteiger partial charge in [0.05, 0.1) is 11.7 Å². The highest BCUT2D eigenvalue weighted by molar-refractivity contribution is 5.95. The monoisotopic (exact) mass is 371 g/mol. The lowest BCUT2D eigenvalue weighted by Gasteiger charge is -2.31. The smallest absolute Gasteiger partial charge is 0.387 e. The van der Waals surface area contributed by atoms with E-state index in [0.717, 1.165) is 26.2 Å². The zero-order chi connectivity index (χ0) is 15.2. The van der Waals surface area contributed by atoms with E-state index >= 15 is 0 Å². The molecule has 1 aliphatic heterocycles. The van der Waals surface area contributed by atoms with E-state index in [1.54, 1.807) is 25.1 Å². The molecule has 0 aromatic heterocycles. The predicted octanol–water partition coefficient (Wildman–Crippen LogP) is 2.36. The predicted molar refractivity (Wildman–Crippen MR) is 90.1 cm³/mol. The van der Waals surface area contributed by atoms with Crippen molar-refractivity contribution < 1.29 is 18.3 Å². The minimum atomic E-state index is -2.92. The second-order valence-electron chi connectivity index (χ2n) is 4.83. The highest BCUT2D eigenvalue weighted by Gasteiger charge is 2.23. The standard InChI is InChI=1S/C14H19F2N3O2.2ClH/c1-10(19-8-6-17-7-9-19)13(20)18-11-4-2-3-5-12(11)21-14(15)16;;/h2-5,10,14,17H,6-9H2,1H3,(H,18,20);2*1H. The lowest BCUT2D eigenvalue weighted by atomic mass is 10.2. The van der Waals surface area contributed by atoms with E-state index in [1.165, 1.54) is 6.07 Å². The number of benzene rings is 1. The zero-order valence-electron chi connectivity index (χ0n) is 12.6. The maximum Gasteiger partial charge on any atom is 0.387 e. The van der Waals surface area contributed by atoms with Gasteiger partial charge in [-0.05, 0) is 19.1 Å². The SMILES string of the molecule is CC(C(=O)Nc1ccccc1OC(F)F)N1CCNCC1.Cl.Cl. The fourth-order valence-electron chi connectivity index (χ4n) is 2.24. The van der Waals surface area contributed by atoms with Crippen molar-refractivity contribution in [2.45, 2.75) is 19.6 Å². The van der Waals surface area contributed by atoms with E-state index in [0.29, 0.717) is 0 Å². The molecule has 0 aliphatic carbocycles. The molecular weight excluding hydrogens is 351 g/mol. The second kappa shape index (κ2) is 10.6. The summed E-state index contributed by atoms with van der Waals surface area (Å²) in [6.07, 6.45) is 0. The molecule has 1 saturated heterocycles. The summed E-state index contributed by atoms with van der Waals surface area (Å²) in [4.78, 5) is 14.3. The second-order valence-corrected chi connectivity index (χ2v) is 4.83. The van der Waals surface area contributed by atoms with Crippen LogP contribution in [0.25, 0.3) is 0 Å². The first-order chi connectivity index (χ1) is 10.1. The van der Waals surface area contributed by atoms with E-state index in [-0.39, 0.29) is 48.2 Å². The third kappa shape index (κ3) is 6.47. The summed E-state index contributed by atoms with van der Waals surface area (Å²) in [5, 5.41) is 5.87. The Kier molecular flexibility index (Phi) is 10.1. The third-order valence-electron chi connectivity index (χ3n) is 3.44. The maximum absolute atomic E-state index is 12.3. The Bertz CT molecular complexity index is 489. The Morgan fingerprint density at radius 2 is 1.87 bits per heavy atom. The number of amides is 1. The molecule has 23 heavy (non-hydrogen) atoms. The van der Waals surface area contributed by atoms with Gasteiger partial charge in [-0.1, -0.05) is 12.1 Å². The van der Waals surface area contributed by atoms with Crippen LogP contribution in [0.3, 0.4) is 0 Å². The highest BCUT2D eigenvalue weighted by atomic mass is 35.5. The molecule has 0 spiro atoms. The van der Waals surface area contributed by atoms with Gasteiger partial charge in [-0.2, -0.15) is 8.78 Å². The van der Waals surface area contributed by atoms with Crippen molar-refractivity contribution in [2.24, 2.45) is 0 Å². The summed E-state index contributed by atoms with van der Waals surface area (Å²) in [7, 11) is 0. The Morgan fingerprint density at radius 3 is 2.48 bits per heavy atom. The van der Waals surface area contributed by atoms with Crippen molar-refractivity contribution in [2.75, 3.05) is 31.5 Å². The first-order valence-electron chi connectivity index (χ1n) is 6.87. The fraction of sp³-hybridized carbons (Fsp3) is 0.500. The summed E-state index contributed by atoms with van der Waals surface area (Å²) >= 11 is 0. The average molecular weight is 372 g/mol. The van der Waals surface area contributed by atoms with Crippen molar-refractivity contribution >= 4 is 36.4 Å². The zero-order valence-corrected chi connectivity index (χ0v) is 14.3. The van der Waals surface area contributed by atoms with Crippen LogP contribution in [0.1, 0.15) is 6.92 Å². The first kappa shape index (κ1) is 21.9. The van der Waals surface area contributed by atoms with E-state index in [9.17, 15) is 13.6 Å². The number of nitrogens with one attached hydrogen (secondary N) is 2. The summed E-state index contributed by atoms with van der Waals surface area (Å²) < 4.78 is 29.1. The third-order valence-corrected chi connectivity index (χ3v) is 3.44. The molecule has 1 aliphatic rings. The molecule has 5 nitrogen and oxygen atoms in total. The van der Waals surface area contributed by atoms with Crippen molar-refractivity contribution in [1.82, 2.24) is 10.2 Å². The number of alkyl halides is 2. The molecule has 0 radical (unpaired) electrons. The molecule has 1 atom stereocenters. The fourth-order valence-corrected chi connectivity index (χ4v) is 2.24. The van der Waals surface area contributed by atoms with Gasteiger partial charge >= 0.3 is 6.61 Å². The number of para-hydroxylation sites is 2. The lowest BCUT2D eigenvalue weighted by Crippen LogP contribution is -2.51. The van der Waals surface area contributed by atoms with Gasteiger partial charge in [-0.15, -0.1) is 24.8 Å². The maximum atomic E-state index is 12.3. The van der Waals surface area contributed by atoms with Crippen LogP contribution in [0.5, 0.6) is 5.75 Å². The Balaban J connectivity index is 0.00000242. The first-order valence-corrected chi connectivity index (χ1v) is 6.87. The molecule has 1 amide bonds. The lowest BCUT2D eigenvalue weighted by molar-refractivity contribution is -0.121. The van der Waals surface area contributed by atoms with Gasteiger partial charge in [-0.3, -0.25) is 9.69 Å². The molecule has 1 fully saturated rings. The van der Waals surface area contributed by atoms with Crippen LogP contribution in [-0.2, 0) is 4.79 Å². The van der Waals surface area contributed by atoms with Crippen LogP contribution in [0, 0.1) is 0 Å². The number of hydrogen-bond acceptors (Lipinski definition) is 4. The number of halogens is 4. The van der Waals surface area contributed by atoms with Crippen LogP contribution in [0.4, 0.5) is 14.5 Å². The molecule has 0 bridgehead atoms. The van der Waals surface area contributed by atoms with Crippen LogP contribution >= 0.6 is 24.8 Å². The molecule has 9 heteroatoms. The van der Waals surface area contributed by atoms with Crippen molar-refractivity contribution in [3.05, 3.63) is 24.3 Å². The average Bonchev–Trinajstić information content (AvgIpc) is 2.49. The molecule has 1 aromatic rings. The number of anilines is 1. The van der Waals surface area contributed by atoms with Crippen LogP contribution < -0.4 is 15.4 Å². The molecular formula is C14H21Cl2F2N3O2. The van der Waals surface area contributed by atoms with Gasteiger partial charge in [0, 0.05) is 26.2 Å². The van der Waals surface area contributed by atoms with E-state index in [4.69, 9.17) is 0 Å². The van der Waals surface area contributed by atoms with Crippen molar-refractivity contribution in [3.8, 4) is 5.75 Å². The largest absolute Gasteiger partial charge is 0.433 e. The minimum absolute atomic E-state index is 0. The van der Waals surface area contributed by atoms with E-state index in [2.05, 4.69) is 15.4 Å². The Labute approximate surface area is 146 Å². The van der Waals surface area contributed by atoms with Gasteiger partial charge in [0.25, 0.3) is 0 Å². The summed E-state index contributed by atoms with van der Waals surface area (Å²) in [5.74, 6) is -0.268. The van der Waals surface area contributed by atoms with Gasteiger partial charge in [0.15, 0.2) is 0 Å². The topological polar surface area (TPSA) is 53.6 Å². The van der Waals surface area contributed by atoms with E-state index in [1.807, 2.05) is 4.90 Å². The molecule has 2 rings (SSSR count). The van der Waals surface area contributed by atoms with Gasteiger partial charge in [0.1, 0.15) is 5.75 Å². The molecule has 0 saturated carbocycles. The van der Waals surface area contributed by atoms with Gasteiger partial charge < -0.3 is 15.4 Å². The normalized spacial score (nSPS) is 16.0. The quantitative estimate of drug-likeness (QED) is 0.834. The Morgan fingerprint density at radius 1 is 1.26 bits per heavy atom. The number of hydrogen-bond donors (Lipinski definition) is 2. The van der Waals surface area contributed by atoms with Crippen LogP contribution in [0.2, 0.25) is 0 Å². The number of rotatable bonds is 5. The number of nitrogens with zero attached hydrogens (tertiary/aromatic N) is 1. The van der Waals surface area contributed by atoms with E-state index < -0.39 is 6.61 Å².